The number of hydrogen-bond acceptors (Lipinski definition) is 3. The molecule has 32 heavy (non-hydrogen) atoms. The van der Waals surface area contributed by atoms with Gasteiger partial charge in [-0.1, -0.05) is 121 Å². The van der Waals surface area contributed by atoms with Crippen LogP contribution in [-0.4, -0.2) is 25.1 Å². The molecule has 1 aromatic carbocycles. The van der Waals surface area contributed by atoms with Gasteiger partial charge in [0.25, 0.3) is 0 Å². The number of hydrogen-bond donors (Lipinski definition) is 2. The normalized spacial score (nSPS) is 10.7. The summed E-state index contributed by atoms with van der Waals surface area (Å²) in [6.45, 7) is 2.87. The van der Waals surface area contributed by atoms with Crippen molar-refractivity contribution in [3.63, 3.8) is 0 Å². The summed E-state index contributed by atoms with van der Waals surface area (Å²) in [6, 6.07) is 8.80. The largest absolute Gasteiger partial charge is 0.413 e. The van der Waals surface area contributed by atoms with Crippen molar-refractivity contribution >= 4 is 12.0 Å². The zero-order chi connectivity index (χ0) is 23.1. The fourth-order valence-corrected chi connectivity index (χ4v) is 3.75. The van der Waals surface area contributed by atoms with E-state index in [2.05, 4.69) is 17.6 Å². The maximum Gasteiger partial charge on any atom is 0.413 e. The molecule has 2 amide bonds. The highest BCUT2D eigenvalue weighted by Gasteiger charge is 2.06. The highest BCUT2D eigenvalue weighted by Crippen LogP contribution is 2.13. The van der Waals surface area contributed by atoms with E-state index in [4.69, 9.17) is 4.74 Å². The number of unbranched alkanes of at least 4 members (excludes halogenated alkanes) is 15. The number of carbonyl (C=O) groups is 2. The first-order chi connectivity index (χ1) is 15.7. The van der Waals surface area contributed by atoms with Gasteiger partial charge in [0.05, 0.1) is 0 Å². The molecular weight excluding hydrogens is 400 g/mol. The predicted octanol–water partition coefficient (Wildman–Crippen LogP) is 7.15. The van der Waals surface area contributed by atoms with Crippen molar-refractivity contribution in [1.29, 1.82) is 0 Å². The lowest BCUT2D eigenvalue weighted by Gasteiger charge is -2.08. The zero-order valence-electron chi connectivity index (χ0n) is 20.3. The summed E-state index contributed by atoms with van der Waals surface area (Å²) < 4.78 is 5.07. The third-order valence-electron chi connectivity index (χ3n) is 5.70. The van der Waals surface area contributed by atoms with Crippen LogP contribution in [0.1, 0.15) is 110 Å². The molecule has 5 heteroatoms. The van der Waals surface area contributed by atoms with Gasteiger partial charge in [-0.15, -0.1) is 0 Å². The molecule has 1 rings (SSSR count). The number of amides is 2. The third kappa shape index (κ3) is 17.6. The summed E-state index contributed by atoms with van der Waals surface area (Å²) >= 11 is 0. The van der Waals surface area contributed by atoms with Crippen LogP contribution >= 0.6 is 0 Å². The van der Waals surface area contributed by atoms with Crippen molar-refractivity contribution in [1.82, 2.24) is 10.6 Å². The minimum Gasteiger partial charge on any atom is -0.410 e. The van der Waals surface area contributed by atoms with E-state index in [1.807, 2.05) is 6.07 Å². The maximum atomic E-state index is 11.8. The van der Waals surface area contributed by atoms with Crippen molar-refractivity contribution < 1.29 is 14.3 Å². The first-order valence-electron chi connectivity index (χ1n) is 13.0. The molecule has 0 aliphatic carbocycles. The molecule has 0 radical (unpaired) electrons. The first-order valence-corrected chi connectivity index (χ1v) is 13.0. The van der Waals surface area contributed by atoms with E-state index in [1.165, 1.54) is 89.9 Å². The quantitative estimate of drug-likeness (QED) is 0.209. The highest BCUT2D eigenvalue weighted by atomic mass is 16.6. The molecule has 0 atom stereocenters. The molecule has 0 aliphatic heterocycles. The molecule has 0 unspecified atom stereocenters. The van der Waals surface area contributed by atoms with E-state index in [9.17, 15) is 9.59 Å². The summed E-state index contributed by atoms with van der Waals surface area (Å²) in [5.41, 5.74) is 0. The number of benzene rings is 1. The van der Waals surface area contributed by atoms with Gasteiger partial charge in [0.2, 0.25) is 5.91 Å². The smallest absolute Gasteiger partial charge is 0.410 e. The molecule has 0 fully saturated rings. The van der Waals surface area contributed by atoms with Gasteiger partial charge in [-0.3, -0.25) is 4.79 Å². The van der Waals surface area contributed by atoms with Crippen LogP contribution in [0.2, 0.25) is 0 Å². The Bertz CT molecular complexity index is 578. The second-order valence-electron chi connectivity index (χ2n) is 8.71. The lowest BCUT2D eigenvalue weighted by Crippen LogP contribution is -2.38. The first kappa shape index (κ1) is 28.0. The zero-order valence-corrected chi connectivity index (χ0v) is 20.3. The number of ether oxygens (including phenoxy) is 1. The Hall–Kier alpha value is -2.04. The van der Waals surface area contributed by atoms with Gasteiger partial charge in [0, 0.05) is 6.54 Å². The minimum atomic E-state index is -0.617. The van der Waals surface area contributed by atoms with Gasteiger partial charge in [0.1, 0.15) is 12.3 Å². The molecule has 0 bridgehead atoms. The maximum absolute atomic E-state index is 11.8. The predicted molar refractivity (Wildman–Crippen MR) is 133 cm³/mol. The molecule has 0 saturated carbocycles. The standard InChI is InChI=1S/C27H46N2O3/c1-2-3-4-5-6-7-8-9-10-11-12-13-14-15-16-20-23-28-26(30)24-29-27(31)32-25-21-18-17-19-22-25/h17-19,21-22H,2-16,20,23-24H2,1H3,(H,28,30)(H,29,31). The molecular formula is C27H46N2O3. The molecule has 0 heterocycles. The molecule has 0 aliphatic rings. The van der Waals surface area contributed by atoms with E-state index in [0.717, 1.165) is 12.8 Å². The van der Waals surface area contributed by atoms with Gasteiger partial charge in [-0.05, 0) is 18.6 Å². The van der Waals surface area contributed by atoms with E-state index >= 15 is 0 Å². The summed E-state index contributed by atoms with van der Waals surface area (Å²) in [6.07, 6.45) is 20.8. The minimum absolute atomic E-state index is 0.0650. The molecule has 0 aromatic heterocycles. The van der Waals surface area contributed by atoms with Crippen LogP contribution in [0, 0.1) is 0 Å². The number of rotatable bonds is 20. The van der Waals surface area contributed by atoms with Crippen molar-refractivity contribution in [2.24, 2.45) is 0 Å². The van der Waals surface area contributed by atoms with Crippen LogP contribution in [0.15, 0.2) is 30.3 Å². The summed E-state index contributed by atoms with van der Waals surface area (Å²) in [7, 11) is 0. The van der Waals surface area contributed by atoms with E-state index in [1.54, 1.807) is 24.3 Å². The van der Waals surface area contributed by atoms with Gasteiger partial charge >= 0.3 is 6.09 Å². The Labute approximate surface area is 196 Å². The van der Waals surface area contributed by atoms with E-state index in [-0.39, 0.29) is 12.5 Å². The van der Waals surface area contributed by atoms with Gasteiger partial charge < -0.3 is 15.4 Å². The lowest BCUT2D eigenvalue weighted by molar-refractivity contribution is -0.120. The molecule has 1 aromatic rings. The highest BCUT2D eigenvalue weighted by molar-refractivity contribution is 5.82. The average molecular weight is 447 g/mol. The molecule has 2 N–H and O–H groups in total. The third-order valence-corrected chi connectivity index (χ3v) is 5.70. The molecule has 0 spiro atoms. The van der Waals surface area contributed by atoms with Crippen molar-refractivity contribution in [3.8, 4) is 5.75 Å². The Morgan fingerprint density at radius 1 is 0.656 bits per heavy atom. The monoisotopic (exact) mass is 446 g/mol. The number of carbonyl (C=O) groups excluding carboxylic acids is 2. The van der Waals surface area contributed by atoms with Crippen LogP contribution in [0.25, 0.3) is 0 Å². The van der Waals surface area contributed by atoms with Crippen molar-refractivity contribution in [2.45, 2.75) is 110 Å². The van der Waals surface area contributed by atoms with Crippen LogP contribution < -0.4 is 15.4 Å². The molecule has 182 valence electrons. The molecule has 5 nitrogen and oxygen atoms in total. The molecule has 0 saturated heterocycles. The summed E-state index contributed by atoms with van der Waals surface area (Å²) in [5.74, 6) is 0.273. The Balaban J connectivity index is 1.79. The Morgan fingerprint density at radius 2 is 1.12 bits per heavy atom. The van der Waals surface area contributed by atoms with Gasteiger partial charge in [0.15, 0.2) is 0 Å². The second kappa shape index (κ2) is 20.8. The van der Waals surface area contributed by atoms with Gasteiger partial charge in [-0.2, -0.15) is 0 Å². The van der Waals surface area contributed by atoms with E-state index in [0.29, 0.717) is 12.3 Å². The van der Waals surface area contributed by atoms with Crippen LogP contribution in [0.4, 0.5) is 4.79 Å². The topological polar surface area (TPSA) is 67.4 Å². The van der Waals surface area contributed by atoms with E-state index < -0.39 is 6.09 Å². The Morgan fingerprint density at radius 3 is 1.62 bits per heavy atom. The van der Waals surface area contributed by atoms with Crippen molar-refractivity contribution in [2.75, 3.05) is 13.1 Å². The van der Waals surface area contributed by atoms with Gasteiger partial charge in [-0.25, -0.2) is 4.79 Å². The second-order valence-corrected chi connectivity index (χ2v) is 8.71. The summed E-state index contributed by atoms with van der Waals surface area (Å²) in [5, 5.41) is 5.31. The number of nitrogens with one attached hydrogen (secondary N) is 2. The SMILES string of the molecule is CCCCCCCCCCCCCCCCCCNC(=O)CNC(=O)Oc1ccccc1. The van der Waals surface area contributed by atoms with Crippen LogP contribution in [-0.2, 0) is 4.79 Å². The Kier molecular flexibility index (Phi) is 18.2. The van der Waals surface area contributed by atoms with Crippen LogP contribution in [0.3, 0.4) is 0 Å². The lowest BCUT2D eigenvalue weighted by atomic mass is 10.0. The number of para-hydroxylation sites is 1. The van der Waals surface area contributed by atoms with Crippen molar-refractivity contribution in [3.05, 3.63) is 30.3 Å². The average Bonchev–Trinajstić information content (AvgIpc) is 2.80. The van der Waals surface area contributed by atoms with Crippen LogP contribution in [0.5, 0.6) is 5.75 Å². The fraction of sp³-hybridized carbons (Fsp3) is 0.704. The fourth-order valence-electron chi connectivity index (χ4n) is 3.75. The summed E-state index contributed by atoms with van der Waals surface area (Å²) in [4.78, 5) is 23.4.